The predicted octanol–water partition coefficient (Wildman–Crippen LogP) is 3.57. The number of ether oxygens (including phenoxy) is 1. The summed E-state index contributed by atoms with van der Waals surface area (Å²) in [7, 11) is 0. The van der Waals surface area contributed by atoms with Gasteiger partial charge in [0.2, 0.25) is 5.91 Å². The van der Waals surface area contributed by atoms with Gasteiger partial charge in [-0.05, 0) is 45.1 Å². The highest BCUT2D eigenvalue weighted by molar-refractivity contribution is 5.92. The second-order valence-corrected chi connectivity index (χ2v) is 9.09. The van der Waals surface area contributed by atoms with Gasteiger partial charge in [0, 0.05) is 13.1 Å². The Morgan fingerprint density at radius 2 is 1.73 bits per heavy atom. The van der Waals surface area contributed by atoms with Crippen LogP contribution in [0.25, 0.3) is 0 Å². The predicted molar refractivity (Wildman–Crippen MR) is 114 cm³/mol. The van der Waals surface area contributed by atoms with E-state index >= 15 is 0 Å². The van der Waals surface area contributed by atoms with E-state index in [0.717, 1.165) is 5.56 Å². The number of nitrogens with zero attached hydrogens (tertiary/aromatic N) is 1. The molecule has 0 spiro atoms. The molecule has 1 aromatic carbocycles. The molecule has 7 heteroatoms. The van der Waals surface area contributed by atoms with Crippen LogP contribution in [0.2, 0.25) is 0 Å². The van der Waals surface area contributed by atoms with Crippen LogP contribution in [0.1, 0.15) is 59.4 Å². The molecule has 0 bridgehead atoms. The van der Waals surface area contributed by atoms with Crippen molar-refractivity contribution in [3.8, 4) is 0 Å². The van der Waals surface area contributed by atoms with Crippen molar-refractivity contribution in [2.75, 3.05) is 13.1 Å². The Balaban J connectivity index is 2.26. The fourth-order valence-corrected chi connectivity index (χ4v) is 3.76. The van der Waals surface area contributed by atoms with Gasteiger partial charge < -0.3 is 20.1 Å². The molecule has 1 aromatic rings. The maximum absolute atomic E-state index is 13.5. The lowest BCUT2D eigenvalue weighted by Gasteiger charge is -2.42. The van der Waals surface area contributed by atoms with Gasteiger partial charge in [0.15, 0.2) is 0 Å². The minimum atomic E-state index is -1.04. The van der Waals surface area contributed by atoms with Crippen molar-refractivity contribution in [3.63, 3.8) is 0 Å². The lowest BCUT2D eigenvalue weighted by molar-refractivity contribution is -0.144. The molecular weight excluding hydrogens is 384 g/mol. The Bertz CT molecular complexity index is 749. The van der Waals surface area contributed by atoms with E-state index in [4.69, 9.17) is 4.74 Å². The number of amides is 2. The second kappa shape index (κ2) is 9.49. The number of likely N-dealkylation sites (tertiary alicyclic amines) is 1. The Morgan fingerprint density at radius 3 is 2.20 bits per heavy atom. The van der Waals surface area contributed by atoms with Crippen molar-refractivity contribution < 1.29 is 24.2 Å². The van der Waals surface area contributed by atoms with E-state index in [-0.39, 0.29) is 11.8 Å². The minimum absolute atomic E-state index is 0.193. The number of carbonyl (C=O) groups excluding carboxylic acids is 2. The largest absolute Gasteiger partial charge is 0.480 e. The van der Waals surface area contributed by atoms with Crippen molar-refractivity contribution in [1.29, 1.82) is 0 Å². The number of carbonyl (C=O) groups is 3. The number of carboxylic acid groups (broad SMARTS) is 1. The van der Waals surface area contributed by atoms with Crippen LogP contribution >= 0.6 is 0 Å². The van der Waals surface area contributed by atoms with Gasteiger partial charge >= 0.3 is 12.1 Å². The van der Waals surface area contributed by atoms with Crippen LogP contribution in [0, 0.1) is 5.92 Å². The molecule has 2 atom stereocenters. The van der Waals surface area contributed by atoms with Crippen LogP contribution in [-0.4, -0.2) is 52.7 Å². The van der Waals surface area contributed by atoms with Crippen molar-refractivity contribution in [3.05, 3.63) is 35.9 Å². The first-order valence-corrected chi connectivity index (χ1v) is 10.6. The highest BCUT2D eigenvalue weighted by atomic mass is 16.6. The standard InChI is InChI=1S/C23H34N2O5/c1-6-16(2)18(19(26)27)24-20(28)23(17-10-8-7-9-11-17)12-14-25(15-13-23)21(29)30-22(3,4)5/h7-11,16,18H,6,12-15H2,1-5H3,(H,24,28)(H,26,27)/t16-,18+/m1/s1. The molecule has 1 aliphatic heterocycles. The quantitative estimate of drug-likeness (QED) is 0.736. The second-order valence-electron chi connectivity index (χ2n) is 9.09. The molecule has 30 heavy (non-hydrogen) atoms. The molecule has 1 aliphatic rings. The maximum atomic E-state index is 13.5. The summed E-state index contributed by atoms with van der Waals surface area (Å²) in [6, 6.07) is 8.45. The van der Waals surface area contributed by atoms with Crippen LogP contribution in [0.5, 0.6) is 0 Å². The lowest BCUT2D eigenvalue weighted by Crippen LogP contribution is -2.57. The van der Waals surface area contributed by atoms with Crippen molar-refractivity contribution in [2.45, 2.75) is 70.9 Å². The number of rotatable bonds is 6. The molecule has 1 saturated heterocycles. The number of carboxylic acids is 1. The van der Waals surface area contributed by atoms with Gasteiger partial charge in [-0.25, -0.2) is 9.59 Å². The minimum Gasteiger partial charge on any atom is -0.480 e. The molecule has 1 fully saturated rings. The van der Waals surface area contributed by atoms with Gasteiger partial charge in [0.25, 0.3) is 0 Å². The van der Waals surface area contributed by atoms with Crippen molar-refractivity contribution in [2.24, 2.45) is 5.92 Å². The molecule has 0 aromatic heterocycles. The number of aliphatic carboxylic acids is 1. The van der Waals surface area contributed by atoms with Crippen LogP contribution in [-0.2, 0) is 19.7 Å². The van der Waals surface area contributed by atoms with E-state index in [1.54, 1.807) is 4.90 Å². The van der Waals surface area contributed by atoms with Gasteiger partial charge in [-0.1, -0.05) is 50.6 Å². The van der Waals surface area contributed by atoms with E-state index in [2.05, 4.69) is 5.32 Å². The Labute approximate surface area is 178 Å². The first kappa shape index (κ1) is 23.7. The van der Waals surface area contributed by atoms with E-state index in [9.17, 15) is 19.5 Å². The molecule has 166 valence electrons. The fourth-order valence-electron chi connectivity index (χ4n) is 3.76. The van der Waals surface area contributed by atoms with E-state index in [1.165, 1.54) is 0 Å². The number of hydrogen-bond donors (Lipinski definition) is 2. The number of hydrogen-bond acceptors (Lipinski definition) is 4. The summed E-state index contributed by atoms with van der Waals surface area (Å²) in [6.07, 6.45) is 1.04. The third-order valence-corrected chi connectivity index (χ3v) is 5.80. The van der Waals surface area contributed by atoms with Gasteiger partial charge in [0.1, 0.15) is 11.6 Å². The molecule has 2 amide bonds. The maximum Gasteiger partial charge on any atom is 0.410 e. The van der Waals surface area contributed by atoms with E-state index < -0.39 is 29.1 Å². The van der Waals surface area contributed by atoms with E-state index in [1.807, 2.05) is 65.0 Å². The third kappa shape index (κ3) is 5.52. The Hall–Kier alpha value is -2.57. The van der Waals surface area contributed by atoms with Gasteiger partial charge in [-0.3, -0.25) is 4.79 Å². The summed E-state index contributed by atoms with van der Waals surface area (Å²) in [4.78, 5) is 39.3. The van der Waals surface area contributed by atoms with Crippen molar-refractivity contribution in [1.82, 2.24) is 10.2 Å². The average molecular weight is 419 g/mol. The zero-order chi connectivity index (χ0) is 22.5. The first-order valence-electron chi connectivity index (χ1n) is 10.6. The summed E-state index contributed by atoms with van der Waals surface area (Å²) < 4.78 is 5.46. The van der Waals surface area contributed by atoms with Crippen LogP contribution in [0.4, 0.5) is 4.79 Å². The zero-order valence-electron chi connectivity index (χ0n) is 18.6. The molecule has 0 aliphatic carbocycles. The summed E-state index contributed by atoms with van der Waals surface area (Å²) in [5.41, 5.74) is -0.645. The molecule has 0 unspecified atom stereocenters. The number of nitrogens with one attached hydrogen (secondary N) is 1. The van der Waals surface area contributed by atoms with Crippen LogP contribution < -0.4 is 5.32 Å². The topological polar surface area (TPSA) is 95.9 Å². The van der Waals surface area contributed by atoms with Gasteiger partial charge in [-0.2, -0.15) is 0 Å². The van der Waals surface area contributed by atoms with Crippen LogP contribution in [0.3, 0.4) is 0 Å². The summed E-state index contributed by atoms with van der Waals surface area (Å²) in [6.45, 7) is 9.89. The monoisotopic (exact) mass is 418 g/mol. The molecule has 0 radical (unpaired) electrons. The third-order valence-electron chi connectivity index (χ3n) is 5.80. The summed E-state index contributed by atoms with van der Waals surface area (Å²) >= 11 is 0. The number of piperidine rings is 1. The van der Waals surface area contributed by atoms with E-state index in [0.29, 0.717) is 32.4 Å². The Morgan fingerprint density at radius 1 is 1.17 bits per heavy atom. The van der Waals surface area contributed by atoms with Gasteiger partial charge in [-0.15, -0.1) is 0 Å². The smallest absolute Gasteiger partial charge is 0.410 e. The summed E-state index contributed by atoms with van der Waals surface area (Å²) in [5.74, 6) is -1.53. The molecule has 1 heterocycles. The molecular formula is C23H34N2O5. The molecule has 0 saturated carbocycles. The highest BCUT2D eigenvalue weighted by Crippen LogP contribution is 2.36. The normalized spacial score (nSPS) is 18.2. The summed E-state index contributed by atoms with van der Waals surface area (Å²) in [5, 5.41) is 12.4. The molecule has 7 nitrogen and oxygen atoms in total. The SMILES string of the molecule is CC[C@@H](C)[C@H](NC(=O)C1(c2ccccc2)CCN(C(=O)OC(C)(C)C)CC1)C(=O)O. The van der Waals surface area contributed by atoms with Crippen molar-refractivity contribution >= 4 is 18.0 Å². The van der Waals surface area contributed by atoms with Gasteiger partial charge in [0.05, 0.1) is 5.41 Å². The zero-order valence-corrected chi connectivity index (χ0v) is 18.6. The molecule has 2 rings (SSSR count). The van der Waals surface area contributed by atoms with Crippen LogP contribution in [0.15, 0.2) is 30.3 Å². The fraction of sp³-hybridized carbons (Fsp3) is 0.609. The molecule has 2 N–H and O–H groups in total. The average Bonchev–Trinajstić information content (AvgIpc) is 2.70. The highest BCUT2D eigenvalue weighted by Gasteiger charge is 2.45. The Kier molecular flexibility index (Phi) is 7.50. The first-order chi connectivity index (χ1) is 14.0. The lowest BCUT2D eigenvalue weighted by atomic mass is 9.71. The number of benzene rings is 1.